The Balaban J connectivity index is 0.000000268. The number of nitrogen functional groups attached to an aromatic ring is 1. The molecule has 0 amide bonds. The van der Waals surface area contributed by atoms with Gasteiger partial charge < -0.3 is 68.0 Å². The SMILES string of the molecule is C.CCN.CCNc1nc(Nc2ccc(OC)c(F)c2)nc(NC2CCCCCC2)n1.COc1ccc(N)cc1F.COc1ccc(Nc2nc(Cl)nc(Cl)n2)cc1F.COc1ccc(Nc2nc(Cl)nc(NC3CCCCCC3)n2)cc1F.Clc1nc(Cl)nc(Cl)n1.NC1CCCCCC1. The van der Waals surface area contributed by atoms with Crippen LogP contribution in [0.5, 0.6) is 23.0 Å². The summed E-state index contributed by atoms with van der Waals surface area (Å²) in [5.74, 6) is 1.09. The van der Waals surface area contributed by atoms with Crippen LogP contribution in [0, 0.1) is 23.3 Å². The van der Waals surface area contributed by atoms with Crippen molar-refractivity contribution in [3.8, 4) is 23.0 Å². The summed E-state index contributed by atoms with van der Waals surface area (Å²) in [5.41, 5.74) is 17.8. The summed E-state index contributed by atoms with van der Waals surface area (Å²) < 4.78 is 73.2. The maximum absolute atomic E-state index is 13.9. The van der Waals surface area contributed by atoms with E-state index in [9.17, 15) is 17.6 Å². The van der Waals surface area contributed by atoms with Crippen molar-refractivity contribution in [1.82, 2.24) is 59.8 Å². The standard InChI is InChI=1S/C19H27FN6O.C17H21ClFN5O.C10H7Cl2FN4O.C7H8FNO.C7H15N.C3Cl3N3.C2H7N.CH4/c1-3-21-17-24-18(22-13-8-6-4-5-7-9-13)26-19(25-17)23-14-10-11-16(27-2)15(20)12-14;1-25-14-9-8-12(10-13(14)19)21-17-23-15(18)22-16(24-17)20-11-6-4-2-3-5-7-11;1-18-7-3-2-5(4-6(7)13)14-10-16-8(11)15-9(12)17-10;1-10-7-3-2-5(9)4-6(7)8;8-7-5-3-1-2-4-6-7;4-1-7-2(5)9-3(6)8-1;1-2-3;/h10-13H,3-9H2,1-2H3,(H3,21,22,23,24,25,26);8-11H,2-7H2,1H3,(H2,20,21,22,23,24);2-4H,1H3,(H,14,15,16,17);2-4H,9H2,1H3;7H,1-6,8H2;;2-3H2,1H3;1H4. The van der Waals surface area contributed by atoms with Crippen molar-refractivity contribution in [2.45, 2.75) is 155 Å². The molecule has 3 aliphatic carbocycles. The molecule has 552 valence electrons. The van der Waals surface area contributed by atoms with Crippen LogP contribution in [0.4, 0.5) is 76.0 Å². The third kappa shape index (κ3) is 33.2. The van der Waals surface area contributed by atoms with Gasteiger partial charge in [-0.05, 0) is 170 Å². The summed E-state index contributed by atoms with van der Waals surface area (Å²) in [6, 6.07) is 19.0. The molecule has 4 heterocycles. The van der Waals surface area contributed by atoms with Crippen LogP contribution in [0.1, 0.15) is 137 Å². The number of ether oxygens (including phenoxy) is 4. The van der Waals surface area contributed by atoms with E-state index in [2.05, 4.69) is 96.4 Å². The molecule has 3 saturated carbocycles. The predicted octanol–water partition coefficient (Wildman–Crippen LogP) is 17.5. The molecule has 0 aliphatic heterocycles. The predicted molar refractivity (Wildman–Crippen MR) is 397 cm³/mol. The Morgan fingerprint density at radius 1 is 0.386 bits per heavy atom. The molecular formula is C66H89Cl6F4N21O4. The van der Waals surface area contributed by atoms with Crippen molar-refractivity contribution < 1.29 is 36.5 Å². The number of methoxy groups -OCH3 is 4. The Labute approximate surface area is 617 Å². The van der Waals surface area contributed by atoms with Crippen LogP contribution in [0.25, 0.3) is 0 Å². The lowest BCUT2D eigenvalue weighted by Gasteiger charge is -2.17. The zero-order chi connectivity index (χ0) is 72.8. The molecular weight excluding hydrogens is 1440 g/mol. The number of aromatic nitrogens is 12. The lowest BCUT2D eigenvalue weighted by molar-refractivity contribution is 0.386. The molecule has 8 aromatic rings. The summed E-state index contributed by atoms with van der Waals surface area (Å²) in [4.78, 5) is 47.4. The summed E-state index contributed by atoms with van der Waals surface area (Å²) in [6.45, 7) is 5.33. The second-order valence-electron chi connectivity index (χ2n) is 22.1. The fourth-order valence-corrected chi connectivity index (χ4v) is 10.8. The summed E-state index contributed by atoms with van der Waals surface area (Å²) in [5, 5.41) is 18.6. The van der Waals surface area contributed by atoms with Crippen molar-refractivity contribution in [3.63, 3.8) is 0 Å². The number of nitrogens with two attached hydrogens (primary N) is 3. The number of hydrogen-bond acceptors (Lipinski definition) is 25. The summed E-state index contributed by atoms with van der Waals surface area (Å²) in [7, 11) is 5.65. The molecule has 0 spiro atoms. The minimum absolute atomic E-state index is 0. The largest absolute Gasteiger partial charge is 0.494 e. The quantitative estimate of drug-likeness (QED) is 0.0246. The summed E-state index contributed by atoms with van der Waals surface area (Å²) >= 11 is 33.2. The van der Waals surface area contributed by atoms with Gasteiger partial charge in [-0.25, -0.2) is 17.6 Å². The average molecular weight is 1530 g/mol. The number of rotatable bonds is 16. The Bertz CT molecular complexity index is 3650. The van der Waals surface area contributed by atoms with Crippen molar-refractivity contribution in [1.29, 1.82) is 0 Å². The molecule has 25 nitrogen and oxygen atoms in total. The molecule has 4 aromatic carbocycles. The van der Waals surface area contributed by atoms with Gasteiger partial charge in [0.15, 0.2) is 46.3 Å². The molecule has 101 heavy (non-hydrogen) atoms. The lowest BCUT2D eigenvalue weighted by atomic mass is 10.1. The van der Waals surface area contributed by atoms with E-state index >= 15 is 0 Å². The van der Waals surface area contributed by atoms with E-state index in [0.29, 0.717) is 71.2 Å². The Morgan fingerprint density at radius 2 is 0.653 bits per heavy atom. The van der Waals surface area contributed by atoms with Gasteiger partial charge in [0.2, 0.25) is 67.4 Å². The minimum Gasteiger partial charge on any atom is -0.494 e. The maximum Gasteiger partial charge on any atom is 0.233 e. The molecule has 3 aliphatic rings. The van der Waals surface area contributed by atoms with E-state index in [1.54, 1.807) is 30.3 Å². The van der Waals surface area contributed by atoms with Crippen LogP contribution in [-0.2, 0) is 0 Å². The van der Waals surface area contributed by atoms with E-state index in [0.717, 1.165) is 32.2 Å². The molecule has 35 heteroatoms. The van der Waals surface area contributed by atoms with E-state index in [4.69, 9.17) is 101 Å². The van der Waals surface area contributed by atoms with E-state index in [1.165, 1.54) is 161 Å². The van der Waals surface area contributed by atoms with Crippen molar-refractivity contribution in [3.05, 3.63) is 128 Å². The van der Waals surface area contributed by atoms with Crippen LogP contribution in [-0.4, -0.2) is 119 Å². The van der Waals surface area contributed by atoms with Gasteiger partial charge in [0.1, 0.15) is 0 Å². The van der Waals surface area contributed by atoms with Gasteiger partial charge in [0.25, 0.3) is 0 Å². The highest BCUT2D eigenvalue weighted by atomic mass is 35.5. The first kappa shape index (κ1) is 85.5. The van der Waals surface area contributed by atoms with Crippen LogP contribution >= 0.6 is 69.6 Å². The van der Waals surface area contributed by atoms with Crippen molar-refractivity contribution >= 4 is 128 Å². The van der Waals surface area contributed by atoms with Gasteiger partial charge in [-0.2, -0.15) is 59.8 Å². The van der Waals surface area contributed by atoms with Crippen molar-refractivity contribution in [2.24, 2.45) is 11.5 Å². The monoisotopic (exact) mass is 1530 g/mol. The number of nitrogens with one attached hydrogen (secondary N) is 6. The number of hydrogen-bond donors (Lipinski definition) is 9. The average Bonchev–Trinajstić information content (AvgIpc) is 1.84. The highest BCUT2D eigenvalue weighted by molar-refractivity contribution is 6.33. The highest BCUT2D eigenvalue weighted by Crippen LogP contribution is 2.29. The van der Waals surface area contributed by atoms with E-state index < -0.39 is 23.3 Å². The molecule has 0 unspecified atom stereocenters. The smallest absolute Gasteiger partial charge is 0.233 e. The fourth-order valence-electron chi connectivity index (χ4n) is 9.72. The number of nitrogens with zero attached hydrogens (tertiary/aromatic N) is 12. The minimum atomic E-state index is -0.506. The van der Waals surface area contributed by atoms with Gasteiger partial charge >= 0.3 is 0 Å². The third-order valence-corrected chi connectivity index (χ3v) is 15.4. The van der Waals surface area contributed by atoms with Gasteiger partial charge in [-0.1, -0.05) is 91.4 Å². The van der Waals surface area contributed by atoms with Crippen LogP contribution < -0.4 is 68.0 Å². The molecule has 0 bridgehead atoms. The first-order valence-corrected chi connectivity index (χ1v) is 34.5. The van der Waals surface area contributed by atoms with Gasteiger partial charge in [-0.3, -0.25) is 0 Å². The fraction of sp³-hybridized carbons (Fsp3) is 0.455. The molecule has 11 rings (SSSR count). The Kier molecular flexibility index (Phi) is 40.1. The van der Waals surface area contributed by atoms with Gasteiger partial charge in [0, 0.05) is 71.7 Å². The molecule has 12 N–H and O–H groups in total. The van der Waals surface area contributed by atoms with Gasteiger partial charge in [-0.15, -0.1) is 0 Å². The zero-order valence-corrected chi connectivity index (χ0v) is 60.8. The number of halogens is 10. The Morgan fingerprint density at radius 3 is 0.990 bits per heavy atom. The topological polar surface area (TPSA) is 342 Å². The first-order valence-electron chi connectivity index (χ1n) is 32.2. The van der Waals surface area contributed by atoms with E-state index in [-0.39, 0.29) is 74.0 Å². The lowest BCUT2D eigenvalue weighted by Crippen LogP contribution is -2.21. The Hall–Kier alpha value is -7.90. The molecule has 3 fully saturated rings. The van der Waals surface area contributed by atoms with Crippen LogP contribution in [0.15, 0.2) is 72.8 Å². The second kappa shape index (κ2) is 47.3. The van der Waals surface area contributed by atoms with E-state index in [1.807, 2.05) is 13.8 Å². The highest BCUT2D eigenvalue weighted by Gasteiger charge is 2.18. The molecule has 0 atom stereocenters. The molecule has 0 saturated heterocycles. The maximum atomic E-state index is 13.9. The van der Waals surface area contributed by atoms with Crippen molar-refractivity contribution in [2.75, 3.05) is 79.2 Å². The molecule has 4 aromatic heterocycles. The first-order chi connectivity index (χ1) is 48.1. The zero-order valence-electron chi connectivity index (χ0n) is 56.3. The number of anilines is 10. The van der Waals surface area contributed by atoms with Crippen LogP contribution in [0.2, 0.25) is 31.7 Å². The van der Waals surface area contributed by atoms with Gasteiger partial charge in [0.05, 0.1) is 28.4 Å². The normalized spacial score (nSPS) is 13.6. The van der Waals surface area contributed by atoms with Crippen LogP contribution in [0.3, 0.4) is 0 Å². The second-order valence-corrected chi connectivity index (χ2v) is 24.1. The summed E-state index contributed by atoms with van der Waals surface area (Å²) in [6.07, 6.45) is 22.5. The molecule has 0 radical (unpaired) electrons. The third-order valence-electron chi connectivity index (χ3n) is 14.4. The number of benzene rings is 4.